The fourth-order valence-corrected chi connectivity index (χ4v) is 5.40. The second kappa shape index (κ2) is 8.89. The van der Waals surface area contributed by atoms with E-state index in [0.29, 0.717) is 18.5 Å². The molecule has 0 bridgehead atoms. The molecule has 2 rings (SSSR count). The highest BCUT2D eigenvalue weighted by atomic mass is 32.2. The number of nitrogens with zero attached hydrogens (tertiary/aromatic N) is 2. The monoisotopic (exact) mass is 431 g/mol. The summed E-state index contributed by atoms with van der Waals surface area (Å²) in [5, 5.41) is 0. The van der Waals surface area contributed by atoms with Crippen molar-refractivity contribution in [3.05, 3.63) is 23.8 Å². The summed E-state index contributed by atoms with van der Waals surface area (Å²) in [5.74, 6) is 0.0753. The number of carbonyl (C=O) groups is 1. The fourth-order valence-electron chi connectivity index (χ4n) is 3.34. The van der Waals surface area contributed by atoms with E-state index in [1.54, 1.807) is 25.9 Å². The van der Waals surface area contributed by atoms with E-state index < -0.39 is 19.9 Å². The van der Waals surface area contributed by atoms with Gasteiger partial charge in [-0.05, 0) is 50.4 Å². The topological polar surface area (TPSA) is 104 Å². The standard InChI is InChI=1S/C18H29N3O5S2/c1-14-8-9-15(27(4,23)24)13-17(14)28(25,26)19-10-6-12-21-11-5-7-16(21)18(22)20(2)3/h8-9,13,16,19H,5-7,10-12H2,1-4H3. The van der Waals surface area contributed by atoms with Gasteiger partial charge in [-0.25, -0.2) is 21.6 Å². The Kier molecular flexibility index (Phi) is 7.24. The summed E-state index contributed by atoms with van der Waals surface area (Å²) in [6.07, 6.45) is 3.37. The van der Waals surface area contributed by atoms with Crippen LogP contribution in [0.1, 0.15) is 24.8 Å². The molecule has 1 N–H and O–H groups in total. The molecule has 1 fully saturated rings. The molecule has 1 saturated heterocycles. The van der Waals surface area contributed by atoms with Crippen molar-refractivity contribution in [2.45, 2.75) is 42.0 Å². The van der Waals surface area contributed by atoms with Crippen LogP contribution in [0, 0.1) is 6.92 Å². The van der Waals surface area contributed by atoms with Crippen LogP contribution in [-0.4, -0.2) is 78.6 Å². The molecule has 158 valence electrons. The first-order chi connectivity index (χ1) is 12.9. The Morgan fingerprint density at radius 3 is 2.54 bits per heavy atom. The lowest BCUT2D eigenvalue weighted by molar-refractivity contribution is -0.133. The molecule has 28 heavy (non-hydrogen) atoms. The average Bonchev–Trinajstić information content (AvgIpc) is 3.05. The molecule has 1 aliphatic rings. The Bertz CT molecular complexity index is 927. The molecular formula is C18H29N3O5S2. The first-order valence-corrected chi connectivity index (χ1v) is 12.6. The van der Waals surface area contributed by atoms with E-state index in [4.69, 9.17) is 0 Å². The normalized spacial score (nSPS) is 18.4. The highest BCUT2D eigenvalue weighted by Gasteiger charge is 2.31. The summed E-state index contributed by atoms with van der Waals surface area (Å²) in [6.45, 7) is 3.29. The molecule has 0 aliphatic carbocycles. The number of rotatable bonds is 8. The van der Waals surface area contributed by atoms with Crippen LogP contribution in [0.3, 0.4) is 0 Å². The van der Waals surface area contributed by atoms with Gasteiger partial charge in [0.1, 0.15) is 0 Å². The van der Waals surface area contributed by atoms with Gasteiger partial charge in [0.2, 0.25) is 15.9 Å². The third-order valence-electron chi connectivity index (χ3n) is 4.88. The number of hydrogen-bond donors (Lipinski definition) is 1. The van der Waals surface area contributed by atoms with Crippen LogP contribution < -0.4 is 4.72 Å². The van der Waals surface area contributed by atoms with E-state index in [1.165, 1.54) is 18.2 Å². The van der Waals surface area contributed by atoms with Crippen molar-refractivity contribution < 1.29 is 21.6 Å². The molecule has 1 aromatic carbocycles. The molecule has 8 nitrogen and oxygen atoms in total. The molecule has 1 amide bonds. The molecule has 1 atom stereocenters. The van der Waals surface area contributed by atoms with E-state index in [1.807, 2.05) is 0 Å². The van der Waals surface area contributed by atoms with Crippen LogP contribution in [0.4, 0.5) is 0 Å². The summed E-state index contributed by atoms with van der Waals surface area (Å²) >= 11 is 0. The summed E-state index contributed by atoms with van der Waals surface area (Å²) < 4.78 is 51.2. The first-order valence-electron chi connectivity index (χ1n) is 9.19. The number of hydrogen-bond acceptors (Lipinski definition) is 6. The second-order valence-corrected chi connectivity index (χ2v) is 11.1. The molecule has 0 radical (unpaired) electrons. The lowest BCUT2D eigenvalue weighted by Crippen LogP contribution is -2.43. The predicted molar refractivity (Wildman–Crippen MR) is 107 cm³/mol. The number of likely N-dealkylation sites (N-methyl/N-ethyl adjacent to an activating group) is 1. The largest absolute Gasteiger partial charge is 0.347 e. The highest BCUT2D eigenvalue weighted by molar-refractivity contribution is 7.91. The number of nitrogens with one attached hydrogen (secondary N) is 1. The second-order valence-electron chi connectivity index (χ2n) is 7.38. The highest BCUT2D eigenvalue weighted by Crippen LogP contribution is 2.21. The van der Waals surface area contributed by atoms with Gasteiger partial charge in [-0.3, -0.25) is 9.69 Å². The third-order valence-corrected chi connectivity index (χ3v) is 7.59. The van der Waals surface area contributed by atoms with Crippen molar-refractivity contribution in [1.82, 2.24) is 14.5 Å². The van der Waals surface area contributed by atoms with Gasteiger partial charge >= 0.3 is 0 Å². The molecule has 10 heteroatoms. The number of likely N-dealkylation sites (tertiary alicyclic amines) is 1. The van der Waals surface area contributed by atoms with Crippen LogP contribution in [0.15, 0.2) is 28.0 Å². The van der Waals surface area contributed by atoms with Crippen molar-refractivity contribution in [3.8, 4) is 0 Å². The summed E-state index contributed by atoms with van der Waals surface area (Å²) in [6, 6.07) is 3.95. The summed E-state index contributed by atoms with van der Waals surface area (Å²) in [7, 11) is -3.84. The zero-order valence-corrected chi connectivity index (χ0v) is 18.4. The minimum atomic E-state index is -3.82. The van der Waals surface area contributed by atoms with E-state index in [0.717, 1.165) is 25.6 Å². The van der Waals surface area contributed by atoms with Gasteiger partial charge in [0.05, 0.1) is 15.8 Å². The lowest BCUT2D eigenvalue weighted by atomic mass is 10.2. The van der Waals surface area contributed by atoms with Crippen LogP contribution >= 0.6 is 0 Å². The molecular weight excluding hydrogens is 402 g/mol. The maximum absolute atomic E-state index is 12.6. The molecule has 1 unspecified atom stereocenters. The minimum Gasteiger partial charge on any atom is -0.347 e. The van der Waals surface area contributed by atoms with E-state index in [9.17, 15) is 21.6 Å². The Hall–Kier alpha value is -1.49. The number of carbonyl (C=O) groups excluding carboxylic acids is 1. The fraction of sp³-hybridized carbons (Fsp3) is 0.611. The Morgan fingerprint density at radius 2 is 1.93 bits per heavy atom. The van der Waals surface area contributed by atoms with Gasteiger partial charge in [-0.1, -0.05) is 6.07 Å². The lowest BCUT2D eigenvalue weighted by Gasteiger charge is -2.26. The molecule has 1 heterocycles. The number of benzene rings is 1. The SMILES string of the molecule is Cc1ccc(S(C)(=O)=O)cc1S(=O)(=O)NCCCN1CCCC1C(=O)N(C)C. The molecule has 1 aromatic rings. The zero-order valence-electron chi connectivity index (χ0n) is 16.8. The van der Waals surface area contributed by atoms with Crippen LogP contribution in [0.2, 0.25) is 0 Å². The van der Waals surface area contributed by atoms with E-state index >= 15 is 0 Å². The molecule has 0 aromatic heterocycles. The van der Waals surface area contributed by atoms with Crippen molar-refractivity contribution in [2.75, 3.05) is 40.0 Å². The van der Waals surface area contributed by atoms with Crippen molar-refractivity contribution >= 4 is 25.8 Å². The third kappa shape index (κ3) is 5.53. The van der Waals surface area contributed by atoms with Crippen LogP contribution in [0.5, 0.6) is 0 Å². The predicted octanol–water partition coefficient (Wildman–Crippen LogP) is 0.620. The van der Waals surface area contributed by atoms with Crippen molar-refractivity contribution in [1.29, 1.82) is 0 Å². The number of sulfonamides is 1. The van der Waals surface area contributed by atoms with Gasteiger partial charge in [-0.2, -0.15) is 0 Å². The Morgan fingerprint density at radius 1 is 1.25 bits per heavy atom. The van der Waals surface area contributed by atoms with Gasteiger partial charge in [0, 0.05) is 33.4 Å². The van der Waals surface area contributed by atoms with Gasteiger partial charge in [0.25, 0.3) is 0 Å². The average molecular weight is 432 g/mol. The molecule has 1 aliphatic heterocycles. The quantitative estimate of drug-likeness (QED) is 0.605. The minimum absolute atomic E-state index is 0.0272. The first kappa shape index (κ1) is 22.8. The van der Waals surface area contributed by atoms with Gasteiger partial charge in [-0.15, -0.1) is 0 Å². The van der Waals surface area contributed by atoms with Crippen molar-refractivity contribution in [2.24, 2.45) is 0 Å². The number of amides is 1. The van der Waals surface area contributed by atoms with Gasteiger partial charge < -0.3 is 4.90 Å². The smallest absolute Gasteiger partial charge is 0.240 e. The van der Waals surface area contributed by atoms with Crippen LogP contribution in [0.25, 0.3) is 0 Å². The number of sulfone groups is 1. The maximum atomic E-state index is 12.6. The molecule has 0 saturated carbocycles. The van der Waals surface area contributed by atoms with Crippen molar-refractivity contribution in [3.63, 3.8) is 0 Å². The van der Waals surface area contributed by atoms with Crippen LogP contribution in [-0.2, 0) is 24.7 Å². The number of aryl methyl sites for hydroxylation is 1. The van der Waals surface area contributed by atoms with E-state index in [2.05, 4.69) is 9.62 Å². The van der Waals surface area contributed by atoms with Gasteiger partial charge in [0.15, 0.2) is 9.84 Å². The zero-order chi connectivity index (χ0) is 21.1. The molecule has 0 spiro atoms. The van der Waals surface area contributed by atoms with E-state index in [-0.39, 0.29) is 28.3 Å². The Balaban J connectivity index is 1.98. The summed E-state index contributed by atoms with van der Waals surface area (Å²) in [4.78, 5) is 15.8. The Labute approximate surface area is 167 Å². The summed E-state index contributed by atoms with van der Waals surface area (Å²) in [5.41, 5.74) is 0.482. The maximum Gasteiger partial charge on any atom is 0.240 e.